The molecule has 36 heavy (non-hydrogen) atoms. The second kappa shape index (κ2) is 9.52. The molecule has 1 aromatic carbocycles. The topological polar surface area (TPSA) is 187 Å². The van der Waals surface area contributed by atoms with Crippen molar-refractivity contribution in [2.75, 3.05) is 12.3 Å². The van der Waals surface area contributed by atoms with Crippen LogP contribution in [0.1, 0.15) is 17.2 Å². The number of aliphatic carboxylic acids is 1. The van der Waals surface area contributed by atoms with E-state index in [4.69, 9.17) is 5.73 Å². The normalized spacial score (nSPS) is 26.1. The molecule has 0 spiro atoms. The molecule has 3 heterocycles. The quantitative estimate of drug-likeness (QED) is 0.147. The van der Waals surface area contributed by atoms with Crippen molar-refractivity contribution in [1.29, 1.82) is 0 Å². The van der Waals surface area contributed by atoms with Gasteiger partial charge in [-0.2, -0.15) is 8.42 Å². The SMILES string of the molecule is NC(=O)C1(C(=O)O)C=C[N+](CC2=CN3C(=O)C(NC(=O)C(c4ccccc4)S(=O)(=O)O)[C@H]3SC2)=CC1. The van der Waals surface area contributed by atoms with Gasteiger partial charge < -0.3 is 21.1 Å². The number of benzene rings is 1. The summed E-state index contributed by atoms with van der Waals surface area (Å²) >= 11 is 1.37. The van der Waals surface area contributed by atoms with Crippen LogP contribution >= 0.6 is 11.8 Å². The van der Waals surface area contributed by atoms with Crippen molar-refractivity contribution in [2.45, 2.75) is 23.1 Å². The highest BCUT2D eigenvalue weighted by molar-refractivity contribution is 8.00. The van der Waals surface area contributed by atoms with E-state index in [9.17, 15) is 37.3 Å². The van der Waals surface area contributed by atoms with E-state index in [1.54, 1.807) is 23.1 Å². The molecule has 0 aliphatic carbocycles. The van der Waals surface area contributed by atoms with E-state index >= 15 is 0 Å². The fourth-order valence-corrected chi connectivity index (χ4v) is 6.27. The Labute approximate surface area is 210 Å². The second-order valence-corrected chi connectivity index (χ2v) is 11.1. The number of hydrogen-bond donors (Lipinski definition) is 4. The van der Waals surface area contributed by atoms with E-state index in [0.29, 0.717) is 12.3 Å². The van der Waals surface area contributed by atoms with Gasteiger partial charge in [-0.15, -0.1) is 11.8 Å². The Bertz CT molecular complexity index is 1310. The Morgan fingerprint density at radius 2 is 1.97 bits per heavy atom. The van der Waals surface area contributed by atoms with Crippen LogP contribution in [-0.2, 0) is 29.3 Å². The number of fused-ring (bicyclic) bond motifs is 1. The minimum Gasteiger partial charge on any atom is -0.480 e. The molecule has 3 aliphatic rings. The highest BCUT2D eigenvalue weighted by Gasteiger charge is 2.51. The van der Waals surface area contributed by atoms with E-state index in [1.807, 2.05) is 0 Å². The van der Waals surface area contributed by atoms with Crippen LogP contribution < -0.4 is 11.1 Å². The number of nitrogens with zero attached hydrogens (tertiary/aromatic N) is 2. The summed E-state index contributed by atoms with van der Waals surface area (Å²) in [6, 6.07) is 6.54. The number of carboxylic acid groups (broad SMARTS) is 1. The number of carboxylic acids is 1. The first-order valence-corrected chi connectivity index (χ1v) is 13.3. The number of thioether (sulfide) groups is 1. The van der Waals surface area contributed by atoms with Gasteiger partial charge in [0.25, 0.3) is 16.0 Å². The van der Waals surface area contributed by atoms with Gasteiger partial charge >= 0.3 is 5.97 Å². The maximum absolute atomic E-state index is 12.8. The minimum absolute atomic E-state index is 0.0775. The number of hydrogen-bond acceptors (Lipinski definition) is 7. The zero-order valence-electron chi connectivity index (χ0n) is 18.7. The molecule has 4 rings (SSSR count). The van der Waals surface area contributed by atoms with Crippen molar-refractivity contribution < 1.29 is 41.8 Å². The van der Waals surface area contributed by atoms with Crippen LogP contribution in [0, 0.1) is 5.41 Å². The standard InChI is InChI=1S/C22H22N4O8S2/c23-20(29)22(21(30)31)6-8-25(9-7-22)10-13-11-26-18(28)15(19(26)35-12-13)24-17(27)16(36(32,33)34)14-4-2-1-3-5-14/h1-6,8-9,11,15-16,19H,7,10,12H2,(H4-,23,24,27,29,30,31,32,33,34)/p+1/t15?,16?,19-,22?/m1/s1. The molecule has 1 aromatic rings. The largest absolute Gasteiger partial charge is 0.480 e. The van der Waals surface area contributed by atoms with Crippen LogP contribution in [0.5, 0.6) is 0 Å². The third kappa shape index (κ3) is 4.66. The van der Waals surface area contributed by atoms with E-state index in [-0.39, 0.29) is 12.0 Å². The number of carbonyl (C=O) groups is 4. The number of nitrogens with two attached hydrogens (primary N) is 1. The van der Waals surface area contributed by atoms with Crippen LogP contribution in [0.3, 0.4) is 0 Å². The fraction of sp³-hybridized carbons (Fsp3) is 0.318. The van der Waals surface area contributed by atoms with Gasteiger partial charge in [-0.25, -0.2) is 4.58 Å². The summed E-state index contributed by atoms with van der Waals surface area (Å²) in [7, 11) is -4.77. The Morgan fingerprint density at radius 3 is 2.53 bits per heavy atom. The number of rotatable bonds is 8. The number of carbonyl (C=O) groups excluding carboxylic acids is 3. The molecule has 3 aliphatic heterocycles. The molecular formula is C22H23N4O8S2+. The van der Waals surface area contributed by atoms with E-state index in [0.717, 1.165) is 5.57 Å². The van der Waals surface area contributed by atoms with Gasteiger partial charge in [-0.3, -0.25) is 23.7 Å². The maximum atomic E-state index is 12.8. The van der Waals surface area contributed by atoms with Crippen LogP contribution in [0.4, 0.5) is 0 Å². The lowest BCUT2D eigenvalue weighted by Crippen LogP contribution is -2.69. The van der Waals surface area contributed by atoms with Gasteiger partial charge in [-0.05, 0) is 5.56 Å². The van der Waals surface area contributed by atoms with Crippen LogP contribution in [0.2, 0.25) is 0 Å². The van der Waals surface area contributed by atoms with E-state index < -0.39 is 55.9 Å². The molecule has 0 saturated carbocycles. The molecule has 3 amide bonds. The summed E-state index contributed by atoms with van der Waals surface area (Å²) < 4.78 is 35.1. The highest BCUT2D eigenvalue weighted by atomic mass is 32.2. The maximum Gasteiger partial charge on any atom is 0.323 e. The minimum atomic E-state index is -4.77. The Hall–Kier alpha value is -3.49. The molecule has 0 aromatic heterocycles. The van der Waals surface area contributed by atoms with Crippen molar-refractivity contribution >= 4 is 51.8 Å². The first-order valence-electron chi connectivity index (χ1n) is 10.7. The van der Waals surface area contributed by atoms with E-state index in [1.165, 1.54) is 53.2 Å². The van der Waals surface area contributed by atoms with Crippen LogP contribution in [0.15, 0.2) is 54.4 Å². The lowest BCUT2D eigenvalue weighted by molar-refractivity contribution is -0.446. The third-order valence-corrected chi connectivity index (χ3v) is 8.64. The zero-order chi connectivity index (χ0) is 26.3. The van der Waals surface area contributed by atoms with Crippen molar-refractivity contribution in [1.82, 2.24) is 10.2 Å². The van der Waals surface area contributed by atoms with Gasteiger partial charge in [-0.1, -0.05) is 30.3 Å². The molecule has 0 bridgehead atoms. The van der Waals surface area contributed by atoms with E-state index in [2.05, 4.69) is 5.32 Å². The Kier molecular flexibility index (Phi) is 6.77. The third-order valence-electron chi connectivity index (χ3n) is 6.18. The monoisotopic (exact) mass is 535 g/mol. The zero-order valence-corrected chi connectivity index (χ0v) is 20.3. The molecular weight excluding hydrogens is 512 g/mol. The summed E-state index contributed by atoms with van der Waals surface area (Å²) in [4.78, 5) is 50.0. The van der Waals surface area contributed by atoms with Gasteiger partial charge in [0.1, 0.15) is 17.6 Å². The molecule has 1 saturated heterocycles. The smallest absolute Gasteiger partial charge is 0.323 e. The number of amides is 3. The average molecular weight is 536 g/mol. The second-order valence-electron chi connectivity index (χ2n) is 8.54. The average Bonchev–Trinajstić information content (AvgIpc) is 2.82. The molecule has 12 nitrogen and oxygen atoms in total. The molecule has 3 unspecified atom stereocenters. The van der Waals surface area contributed by atoms with Crippen molar-refractivity contribution in [3.8, 4) is 0 Å². The fourth-order valence-electron chi connectivity index (χ4n) is 4.17. The Morgan fingerprint density at radius 1 is 1.28 bits per heavy atom. The number of primary amides is 1. The summed E-state index contributed by atoms with van der Waals surface area (Å²) in [5, 5.41) is 9.51. The molecule has 5 N–H and O–H groups in total. The lowest BCUT2D eigenvalue weighted by atomic mass is 9.83. The molecule has 4 atom stereocenters. The van der Waals surface area contributed by atoms with Gasteiger partial charge in [0.2, 0.25) is 11.8 Å². The predicted octanol–water partition coefficient (Wildman–Crippen LogP) is -0.544. The summed E-state index contributed by atoms with van der Waals surface area (Å²) in [5.74, 6) is -3.24. The van der Waals surface area contributed by atoms with Gasteiger partial charge in [0, 0.05) is 23.6 Å². The summed E-state index contributed by atoms with van der Waals surface area (Å²) in [6.45, 7) is 0.338. The summed E-state index contributed by atoms with van der Waals surface area (Å²) in [6.07, 6.45) is 5.79. The molecule has 1 fully saturated rings. The molecule has 14 heteroatoms. The first kappa shape index (κ1) is 25.6. The van der Waals surface area contributed by atoms with Gasteiger partial charge in [0.05, 0.1) is 6.42 Å². The summed E-state index contributed by atoms with van der Waals surface area (Å²) in [5.41, 5.74) is 4.38. The lowest BCUT2D eigenvalue weighted by Gasteiger charge is -2.47. The van der Waals surface area contributed by atoms with Gasteiger partial charge in [0.15, 0.2) is 23.4 Å². The Balaban J connectivity index is 1.41. The molecule has 190 valence electrons. The molecule has 0 radical (unpaired) electrons. The highest BCUT2D eigenvalue weighted by Crippen LogP contribution is 2.37. The first-order chi connectivity index (χ1) is 16.9. The number of nitrogens with one attached hydrogen (secondary N) is 1. The number of β-lactam (4-membered cyclic amide) rings is 1. The van der Waals surface area contributed by atoms with Crippen molar-refractivity contribution in [2.24, 2.45) is 11.1 Å². The van der Waals surface area contributed by atoms with Crippen LogP contribution in [-0.4, -0.2) is 81.2 Å². The van der Waals surface area contributed by atoms with Crippen LogP contribution in [0.25, 0.3) is 0 Å². The van der Waals surface area contributed by atoms with Crippen molar-refractivity contribution in [3.05, 3.63) is 59.9 Å². The predicted molar refractivity (Wildman–Crippen MR) is 128 cm³/mol. The van der Waals surface area contributed by atoms with Crippen molar-refractivity contribution in [3.63, 3.8) is 0 Å².